The van der Waals surface area contributed by atoms with Crippen LogP contribution in [0.3, 0.4) is 0 Å². The summed E-state index contributed by atoms with van der Waals surface area (Å²) in [4.78, 5) is 27.4. The van der Waals surface area contributed by atoms with Crippen LogP contribution in [0.25, 0.3) is 0 Å². The van der Waals surface area contributed by atoms with Crippen molar-refractivity contribution in [2.45, 2.75) is 32.2 Å². The molecule has 1 saturated heterocycles. The van der Waals surface area contributed by atoms with Gasteiger partial charge in [-0.1, -0.05) is 0 Å². The first-order valence-corrected chi connectivity index (χ1v) is 7.09. The molecular weight excluding hydrogens is 274 g/mol. The fraction of sp³-hybridized carbons (Fsp3) is 0.571. The first-order chi connectivity index (χ1) is 10.2. The van der Waals surface area contributed by atoms with Crippen molar-refractivity contribution in [1.82, 2.24) is 4.98 Å². The molecule has 0 bridgehead atoms. The summed E-state index contributed by atoms with van der Waals surface area (Å²) in [6.07, 6.45) is 2.48. The van der Waals surface area contributed by atoms with Crippen molar-refractivity contribution < 1.29 is 14.5 Å². The number of carbonyl (C=O) groups is 1. The molecule has 1 aromatic rings. The number of hydrogen-bond donors (Lipinski definition) is 0. The topological polar surface area (TPSA) is 85.6 Å². The van der Waals surface area contributed by atoms with E-state index in [0.29, 0.717) is 37.4 Å². The smallest absolute Gasteiger partial charge is 0.381 e. The maximum absolute atomic E-state index is 11.3. The van der Waals surface area contributed by atoms with Crippen molar-refractivity contribution >= 4 is 17.8 Å². The molecule has 114 valence electrons. The van der Waals surface area contributed by atoms with Crippen molar-refractivity contribution in [3.05, 3.63) is 27.9 Å². The van der Waals surface area contributed by atoms with Gasteiger partial charge in [0.25, 0.3) is 0 Å². The summed E-state index contributed by atoms with van der Waals surface area (Å²) in [5.41, 5.74) is 0.938. The molecule has 1 fully saturated rings. The summed E-state index contributed by atoms with van der Waals surface area (Å²) < 4.78 is 5.34. The van der Waals surface area contributed by atoms with E-state index >= 15 is 0 Å². The predicted octanol–water partition coefficient (Wildman–Crippen LogP) is 1.74. The molecule has 1 aliphatic rings. The molecule has 0 aliphatic carbocycles. The number of aromatic nitrogens is 1. The summed E-state index contributed by atoms with van der Waals surface area (Å²) in [6.45, 7) is 3.98. The van der Waals surface area contributed by atoms with Crippen LogP contribution < -0.4 is 4.90 Å². The Balaban J connectivity index is 2.34. The number of rotatable bonds is 6. The summed E-state index contributed by atoms with van der Waals surface area (Å²) in [7, 11) is 0. The van der Waals surface area contributed by atoms with Crippen LogP contribution in [0, 0.1) is 10.1 Å². The van der Waals surface area contributed by atoms with Crippen LogP contribution in [-0.2, 0) is 16.0 Å². The molecule has 21 heavy (non-hydrogen) atoms. The zero-order valence-electron chi connectivity index (χ0n) is 12.0. The number of carbonyl (C=O) groups excluding carboxylic acids is 1. The first-order valence-electron chi connectivity index (χ1n) is 7.09. The van der Waals surface area contributed by atoms with Gasteiger partial charge in [-0.15, -0.1) is 0 Å². The molecule has 0 saturated carbocycles. The van der Waals surface area contributed by atoms with Crippen LogP contribution >= 0.6 is 0 Å². The second-order valence-electron chi connectivity index (χ2n) is 4.90. The molecule has 0 spiro atoms. The Morgan fingerprint density at radius 1 is 1.48 bits per heavy atom. The minimum Gasteiger partial charge on any atom is -0.381 e. The highest BCUT2D eigenvalue weighted by atomic mass is 16.6. The Bertz CT molecular complexity index is 515. The molecule has 0 radical (unpaired) electrons. The van der Waals surface area contributed by atoms with Crippen molar-refractivity contribution in [2.24, 2.45) is 0 Å². The van der Waals surface area contributed by atoms with E-state index in [1.807, 2.05) is 11.8 Å². The second-order valence-corrected chi connectivity index (χ2v) is 4.90. The highest BCUT2D eigenvalue weighted by Gasteiger charge is 2.27. The van der Waals surface area contributed by atoms with Crippen LogP contribution in [0.5, 0.6) is 0 Å². The molecule has 1 aromatic heterocycles. The van der Waals surface area contributed by atoms with Gasteiger partial charge in [0.15, 0.2) is 5.69 Å². The summed E-state index contributed by atoms with van der Waals surface area (Å²) >= 11 is 0. The van der Waals surface area contributed by atoms with E-state index in [1.54, 1.807) is 12.1 Å². The summed E-state index contributed by atoms with van der Waals surface area (Å²) in [5, 5.41) is 11.3. The quantitative estimate of drug-likeness (QED) is 0.451. The molecule has 2 rings (SSSR count). The van der Waals surface area contributed by atoms with E-state index in [9.17, 15) is 14.9 Å². The van der Waals surface area contributed by atoms with Gasteiger partial charge in [0.05, 0.1) is 6.42 Å². The molecule has 0 amide bonds. The van der Waals surface area contributed by atoms with Crippen LogP contribution in [0.15, 0.2) is 12.1 Å². The standard InChI is InChI=1S/C14H19N3O4/c1-2-16(12-6-9-21-10-7-12)13-4-3-11(5-8-18)15-14(13)17(19)20/h3-4,8,12H,2,5-7,9-10H2,1H3. The lowest BCUT2D eigenvalue weighted by Crippen LogP contribution is -2.39. The SMILES string of the molecule is CCN(c1ccc(CC=O)nc1[N+](=O)[O-])C1CCOCC1. The highest BCUT2D eigenvalue weighted by Crippen LogP contribution is 2.30. The van der Waals surface area contributed by atoms with Crippen LogP contribution in [0.1, 0.15) is 25.5 Å². The molecular formula is C14H19N3O4. The molecule has 0 N–H and O–H groups in total. The number of nitrogens with zero attached hydrogens (tertiary/aromatic N) is 3. The van der Waals surface area contributed by atoms with E-state index in [4.69, 9.17) is 4.74 Å². The van der Waals surface area contributed by atoms with Gasteiger partial charge in [-0.05, 0) is 41.8 Å². The summed E-state index contributed by atoms with van der Waals surface area (Å²) in [5.74, 6) is -0.178. The summed E-state index contributed by atoms with van der Waals surface area (Å²) in [6, 6.07) is 3.60. The maximum atomic E-state index is 11.3. The molecule has 0 atom stereocenters. The number of ether oxygens (including phenoxy) is 1. The van der Waals surface area contributed by atoms with Crippen LogP contribution in [-0.4, -0.2) is 42.0 Å². The van der Waals surface area contributed by atoms with Gasteiger partial charge in [0.2, 0.25) is 0 Å². The Labute approximate surface area is 123 Å². The normalized spacial score (nSPS) is 15.7. The highest BCUT2D eigenvalue weighted by molar-refractivity contribution is 5.62. The van der Waals surface area contributed by atoms with Gasteiger partial charge < -0.3 is 24.5 Å². The van der Waals surface area contributed by atoms with Gasteiger partial charge >= 0.3 is 5.82 Å². The molecule has 0 unspecified atom stereocenters. The maximum Gasteiger partial charge on any atom is 0.387 e. The minimum atomic E-state index is -0.481. The fourth-order valence-electron chi connectivity index (χ4n) is 2.66. The van der Waals surface area contributed by atoms with Crippen LogP contribution in [0.4, 0.5) is 11.5 Å². The Kier molecular flexibility index (Phi) is 5.21. The minimum absolute atomic E-state index is 0.0878. The third-order valence-corrected chi connectivity index (χ3v) is 3.66. The third-order valence-electron chi connectivity index (χ3n) is 3.66. The average molecular weight is 293 g/mol. The van der Waals surface area contributed by atoms with Crippen molar-refractivity contribution in [1.29, 1.82) is 0 Å². The van der Waals surface area contributed by atoms with Gasteiger partial charge in [-0.3, -0.25) is 0 Å². The molecule has 7 nitrogen and oxygen atoms in total. The van der Waals surface area contributed by atoms with Gasteiger partial charge in [0.1, 0.15) is 12.0 Å². The van der Waals surface area contributed by atoms with E-state index in [2.05, 4.69) is 4.98 Å². The number of hydrogen-bond acceptors (Lipinski definition) is 6. The van der Waals surface area contributed by atoms with E-state index < -0.39 is 4.92 Å². The lowest BCUT2D eigenvalue weighted by molar-refractivity contribution is -0.388. The van der Waals surface area contributed by atoms with Crippen LogP contribution in [0.2, 0.25) is 0 Å². The Hall–Kier alpha value is -2.02. The number of aldehydes is 1. The molecule has 7 heteroatoms. The van der Waals surface area contributed by atoms with Crippen molar-refractivity contribution in [3.63, 3.8) is 0 Å². The zero-order chi connectivity index (χ0) is 15.2. The number of nitro groups is 1. The van der Waals surface area contributed by atoms with E-state index in [0.717, 1.165) is 12.8 Å². The average Bonchev–Trinajstić information content (AvgIpc) is 2.50. The fourth-order valence-corrected chi connectivity index (χ4v) is 2.66. The second kappa shape index (κ2) is 7.12. The third kappa shape index (κ3) is 3.55. The molecule has 1 aliphatic heterocycles. The monoisotopic (exact) mass is 293 g/mol. The van der Waals surface area contributed by atoms with Gasteiger partial charge in [-0.25, -0.2) is 0 Å². The Morgan fingerprint density at radius 2 is 2.19 bits per heavy atom. The van der Waals surface area contributed by atoms with E-state index in [1.165, 1.54) is 0 Å². The number of anilines is 1. The van der Waals surface area contributed by atoms with Gasteiger partial charge in [-0.2, -0.15) is 0 Å². The lowest BCUT2D eigenvalue weighted by atomic mass is 10.1. The molecule has 2 heterocycles. The van der Waals surface area contributed by atoms with Crippen molar-refractivity contribution in [3.8, 4) is 0 Å². The Morgan fingerprint density at radius 3 is 2.76 bits per heavy atom. The van der Waals surface area contributed by atoms with Gasteiger partial charge in [0, 0.05) is 25.8 Å². The largest absolute Gasteiger partial charge is 0.387 e. The number of pyridine rings is 1. The first kappa shape index (κ1) is 15.4. The van der Waals surface area contributed by atoms with Crippen molar-refractivity contribution in [2.75, 3.05) is 24.7 Å². The predicted molar refractivity (Wildman–Crippen MR) is 77.5 cm³/mol. The lowest BCUT2D eigenvalue weighted by Gasteiger charge is -2.34. The molecule has 0 aromatic carbocycles. The zero-order valence-corrected chi connectivity index (χ0v) is 12.0. The van der Waals surface area contributed by atoms with E-state index in [-0.39, 0.29) is 18.3 Å².